The zero-order valence-electron chi connectivity index (χ0n) is 18.2. The lowest BCUT2D eigenvalue weighted by Gasteiger charge is -2.14. The fourth-order valence-corrected chi connectivity index (χ4v) is 3.93. The number of rotatable bonds is 4. The number of imidazole rings is 1. The predicted molar refractivity (Wildman–Crippen MR) is 116 cm³/mol. The quantitative estimate of drug-likeness (QED) is 0.522. The van der Waals surface area contributed by atoms with E-state index in [-0.39, 0.29) is 23.8 Å². The van der Waals surface area contributed by atoms with Crippen LogP contribution in [0.3, 0.4) is 0 Å². The van der Waals surface area contributed by atoms with Crippen LogP contribution in [0.4, 0.5) is 0 Å². The van der Waals surface area contributed by atoms with E-state index in [0.29, 0.717) is 17.1 Å². The summed E-state index contributed by atoms with van der Waals surface area (Å²) in [5, 5.41) is 4.54. The molecule has 0 atom stereocenters. The van der Waals surface area contributed by atoms with E-state index in [9.17, 15) is 9.59 Å². The normalized spacial score (nSPS) is 11.7. The standard InChI is InChI=1S/C22H26N6O2/c1-13(2)27-18-19(23-21(27)28-16(5)11-15(4)24-28)25(6)22(30)26(20(18)29)12-17-9-7-8-14(3)10-17/h7-11,13H,12H2,1-6H3. The molecule has 0 radical (unpaired) electrons. The fraction of sp³-hybridized carbons (Fsp3) is 0.364. The molecular formula is C22H26N6O2. The third kappa shape index (κ3) is 3.08. The second-order valence-corrected chi connectivity index (χ2v) is 8.11. The highest BCUT2D eigenvalue weighted by Crippen LogP contribution is 2.21. The highest BCUT2D eigenvalue weighted by molar-refractivity contribution is 5.73. The molecule has 4 aromatic rings. The summed E-state index contributed by atoms with van der Waals surface area (Å²) in [6.07, 6.45) is 0. The number of hydrogen-bond donors (Lipinski definition) is 0. The second kappa shape index (κ2) is 7.12. The van der Waals surface area contributed by atoms with Crippen molar-refractivity contribution in [2.24, 2.45) is 7.05 Å². The molecule has 3 heterocycles. The summed E-state index contributed by atoms with van der Waals surface area (Å²) in [6, 6.07) is 9.73. The van der Waals surface area contributed by atoms with Gasteiger partial charge < -0.3 is 0 Å². The molecule has 8 heteroatoms. The number of hydrogen-bond acceptors (Lipinski definition) is 4. The minimum atomic E-state index is -0.387. The minimum absolute atomic E-state index is 0.0495. The summed E-state index contributed by atoms with van der Waals surface area (Å²) in [4.78, 5) is 31.2. The van der Waals surface area contributed by atoms with Crippen LogP contribution in [0.15, 0.2) is 39.9 Å². The van der Waals surface area contributed by atoms with E-state index in [0.717, 1.165) is 22.5 Å². The molecule has 0 fully saturated rings. The largest absolute Gasteiger partial charge is 0.332 e. The Labute approximate surface area is 174 Å². The number of aromatic nitrogens is 6. The first-order valence-electron chi connectivity index (χ1n) is 10.00. The number of nitrogens with zero attached hydrogens (tertiary/aromatic N) is 6. The Bertz CT molecular complexity index is 1380. The first kappa shape index (κ1) is 19.9. The van der Waals surface area contributed by atoms with Crippen LogP contribution in [0.2, 0.25) is 0 Å². The maximum Gasteiger partial charge on any atom is 0.332 e. The van der Waals surface area contributed by atoms with E-state index >= 15 is 0 Å². The summed E-state index contributed by atoms with van der Waals surface area (Å²) in [7, 11) is 1.65. The molecule has 0 spiro atoms. The van der Waals surface area contributed by atoms with Gasteiger partial charge in [0, 0.05) is 18.8 Å². The van der Waals surface area contributed by atoms with Crippen LogP contribution in [0, 0.1) is 20.8 Å². The summed E-state index contributed by atoms with van der Waals surface area (Å²) in [6.45, 7) is 10.0. The Morgan fingerprint density at radius 1 is 1.07 bits per heavy atom. The summed E-state index contributed by atoms with van der Waals surface area (Å²) in [5.41, 5.74) is 3.80. The molecule has 156 valence electrons. The van der Waals surface area contributed by atoms with Crippen molar-refractivity contribution in [1.82, 2.24) is 28.5 Å². The smallest absolute Gasteiger partial charge is 0.300 e. The van der Waals surface area contributed by atoms with Gasteiger partial charge in [-0.3, -0.25) is 18.5 Å². The van der Waals surface area contributed by atoms with E-state index in [4.69, 9.17) is 0 Å². The van der Waals surface area contributed by atoms with Gasteiger partial charge in [0.25, 0.3) is 5.56 Å². The maximum absolute atomic E-state index is 13.5. The average Bonchev–Trinajstić information content (AvgIpc) is 3.23. The molecule has 4 rings (SSSR count). The van der Waals surface area contributed by atoms with Crippen molar-refractivity contribution in [2.45, 2.75) is 47.2 Å². The molecule has 0 saturated carbocycles. The lowest BCUT2D eigenvalue weighted by molar-refractivity contribution is 0.577. The zero-order valence-corrected chi connectivity index (χ0v) is 18.2. The van der Waals surface area contributed by atoms with Crippen LogP contribution >= 0.6 is 0 Å². The van der Waals surface area contributed by atoms with Gasteiger partial charge in [0.1, 0.15) is 0 Å². The molecule has 0 saturated heterocycles. The molecule has 8 nitrogen and oxygen atoms in total. The molecule has 0 amide bonds. The molecule has 3 aromatic heterocycles. The average molecular weight is 406 g/mol. The summed E-state index contributed by atoms with van der Waals surface area (Å²) >= 11 is 0. The molecule has 30 heavy (non-hydrogen) atoms. The van der Waals surface area contributed by atoms with E-state index in [1.807, 2.05) is 69.5 Å². The fourth-order valence-electron chi connectivity index (χ4n) is 3.93. The highest BCUT2D eigenvalue weighted by Gasteiger charge is 2.24. The van der Waals surface area contributed by atoms with Crippen molar-refractivity contribution in [3.8, 4) is 5.95 Å². The van der Waals surface area contributed by atoms with Crippen molar-refractivity contribution in [3.05, 3.63) is 73.7 Å². The van der Waals surface area contributed by atoms with E-state index in [2.05, 4.69) is 10.1 Å². The Morgan fingerprint density at radius 2 is 1.80 bits per heavy atom. The molecule has 0 aliphatic rings. The Morgan fingerprint density at radius 3 is 2.40 bits per heavy atom. The Balaban J connectivity index is 2.04. The topological polar surface area (TPSA) is 79.6 Å². The van der Waals surface area contributed by atoms with Gasteiger partial charge in [-0.1, -0.05) is 29.8 Å². The van der Waals surface area contributed by atoms with Gasteiger partial charge in [-0.2, -0.15) is 10.1 Å². The molecule has 1 aromatic carbocycles. The first-order chi connectivity index (χ1) is 14.2. The summed E-state index contributed by atoms with van der Waals surface area (Å²) in [5.74, 6) is 0.533. The lowest BCUT2D eigenvalue weighted by Crippen LogP contribution is -2.40. The van der Waals surface area contributed by atoms with Crippen LogP contribution in [-0.2, 0) is 13.6 Å². The molecule has 0 bridgehead atoms. The zero-order chi connectivity index (χ0) is 21.7. The molecule has 0 unspecified atom stereocenters. The van der Waals surface area contributed by atoms with Crippen LogP contribution in [0.1, 0.15) is 42.4 Å². The molecule has 0 N–H and O–H groups in total. The second-order valence-electron chi connectivity index (χ2n) is 8.11. The lowest BCUT2D eigenvalue weighted by atomic mass is 10.1. The third-order valence-corrected chi connectivity index (χ3v) is 5.30. The van der Waals surface area contributed by atoms with Crippen molar-refractivity contribution in [1.29, 1.82) is 0 Å². The molecular weight excluding hydrogens is 380 g/mol. The summed E-state index contributed by atoms with van der Waals surface area (Å²) < 4.78 is 6.32. The SMILES string of the molecule is Cc1cccc(Cn2c(=O)c3c(nc(-n4nc(C)cc4C)n3C(C)C)n(C)c2=O)c1. The van der Waals surface area contributed by atoms with Gasteiger partial charge in [-0.05, 0) is 46.2 Å². The monoisotopic (exact) mass is 406 g/mol. The van der Waals surface area contributed by atoms with Crippen molar-refractivity contribution < 1.29 is 0 Å². The van der Waals surface area contributed by atoms with Crippen molar-refractivity contribution >= 4 is 11.2 Å². The molecule has 0 aliphatic heterocycles. The predicted octanol–water partition coefficient (Wildman–Crippen LogP) is 2.64. The molecule has 0 aliphatic carbocycles. The van der Waals surface area contributed by atoms with Crippen LogP contribution in [-0.4, -0.2) is 28.5 Å². The Hall–Kier alpha value is -3.42. The van der Waals surface area contributed by atoms with Crippen LogP contribution in [0.25, 0.3) is 17.1 Å². The number of benzene rings is 1. The first-order valence-corrected chi connectivity index (χ1v) is 10.00. The van der Waals surface area contributed by atoms with Gasteiger partial charge in [0.05, 0.1) is 12.2 Å². The van der Waals surface area contributed by atoms with Crippen molar-refractivity contribution in [2.75, 3.05) is 0 Å². The third-order valence-electron chi connectivity index (χ3n) is 5.30. The number of fused-ring (bicyclic) bond motifs is 1. The van der Waals surface area contributed by atoms with Crippen LogP contribution < -0.4 is 11.2 Å². The number of aryl methyl sites for hydroxylation is 4. The van der Waals surface area contributed by atoms with Gasteiger partial charge >= 0.3 is 5.69 Å². The van der Waals surface area contributed by atoms with Gasteiger partial charge in [0.2, 0.25) is 5.95 Å². The van der Waals surface area contributed by atoms with Gasteiger partial charge in [0.15, 0.2) is 11.2 Å². The van der Waals surface area contributed by atoms with Gasteiger partial charge in [-0.15, -0.1) is 0 Å². The maximum atomic E-state index is 13.5. The van der Waals surface area contributed by atoms with Crippen LogP contribution in [0.5, 0.6) is 0 Å². The Kier molecular flexibility index (Phi) is 4.72. The van der Waals surface area contributed by atoms with Crippen molar-refractivity contribution in [3.63, 3.8) is 0 Å². The minimum Gasteiger partial charge on any atom is -0.300 e. The van der Waals surface area contributed by atoms with E-state index < -0.39 is 0 Å². The van der Waals surface area contributed by atoms with Gasteiger partial charge in [-0.25, -0.2) is 9.48 Å². The van der Waals surface area contributed by atoms with E-state index in [1.165, 1.54) is 9.13 Å². The highest BCUT2D eigenvalue weighted by atomic mass is 16.2. The van der Waals surface area contributed by atoms with E-state index in [1.54, 1.807) is 11.7 Å².